The second-order valence-electron chi connectivity index (χ2n) is 4.09. The summed E-state index contributed by atoms with van der Waals surface area (Å²) >= 11 is 0. The van der Waals surface area contributed by atoms with Gasteiger partial charge in [-0.2, -0.15) is 0 Å². The van der Waals surface area contributed by atoms with Gasteiger partial charge in [-0.1, -0.05) is 0 Å². The van der Waals surface area contributed by atoms with Crippen LogP contribution < -0.4 is 5.73 Å². The summed E-state index contributed by atoms with van der Waals surface area (Å²) < 4.78 is 10.1. The lowest BCUT2D eigenvalue weighted by Gasteiger charge is -2.29. The van der Waals surface area contributed by atoms with E-state index in [1.807, 2.05) is 7.05 Å². The van der Waals surface area contributed by atoms with Gasteiger partial charge in [-0.3, -0.25) is 4.90 Å². The maximum Gasteiger partial charge on any atom is 0.0900 e. The van der Waals surface area contributed by atoms with E-state index in [4.69, 9.17) is 15.2 Å². The first-order valence-corrected chi connectivity index (χ1v) is 5.71. The van der Waals surface area contributed by atoms with E-state index in [9.17, 15) is 5.11 Å². The molecule has 0 saturated carbocycles. The van der Waals surface area contributed by atoms with E-state index in [-0.39, 0.29) is 0 Å². The fourth-order valence-corrected chi connectivity index (χ4v) is 1.70. The Morgan fingerprint density at radius 3 is 2.38 bits per heavy atom. The van der Waals surface area contributed by atoms with Gasteiger partial charge in [0.25, 0.3) is 0 Å². The number of aliphatic hydroxyl groups is 1. The zero-order valence-corrected chi connectivity index (χ0v) is 10.7. The van der Waals surface area contributed by atoms with Crippen LogP contribution in [-0.4, -0.2) is 69.7 Å². The smallest absolute Gasteiger partial charge is 0.0900 e. The number of rotatable bonds is 10. The van der Waals surface area contributed by atoms with Crippen LogP contribution >= 0.6 is 0 Å². The van der Waals surface area contributed by atoms with Gasteiger partial charge in [-0.25, -0.2) is 0 Å². The van der Waals surface area contributed by atoms with Crippen LogP contribution in [0.1, 0.15) is 12.8 Å². The molecular formula is C11H26N2O3. The lowest BCUT2D eigenvalue weighted by molar-refractivity contribution is 0.0200. The highest BCUT2D eigenvalue weighted by atomic mass is 16.5. The molecule has 0 aromatic heterocycles. The molecule has 0 fully saturated rings. The summed E-state index contributed by atoms with van der Waals surface area (Å²) in [5, 5.41) is 9.63. The molecule has 3 N–H and O–H groups in total. The third-order valence-electron chi connectivity index (χ3n) is 2.58. The fourth-order valence-electron chi connectivity index (χ4n) is 1.70. The molecule has 2 atom stereocenters. The second kappa shape index (κ2) is 9.99. The molecule has 0 amide bonds. The van der Waals surface area contributed by atoms with E-state index in [0.717, 1.165) is 12.8 Å². The van der Waals surface area contributed by atoms with Gasteiger partial charge in [0.15, 0.2) is 0 Å². The first kappa shape index (κ1) is 15.8. The molecule has 0 saturated heterocycles. The Balaban J connectivity index is 3.98. The van der Waals surface area contributed by atoms with Crippen molar-refractivity contribution in [1.82, 2.24) is 4.90 Å². The van der Waals surface area contributed by atoms with Gasteiger partial charge in [-0.15, -0.1) is 0 Å². The molecule has 0 spiro atoms. The van der Waals surface area contributed by atoms with Crippen molar-refractivity contribution < 1.29 is 14.6 Å². The largest absolute Gasteiger partial charge is 0.389 e. The molecule has 0 aliphatic heterocycles. The van der Waals surface area contributed by atoms with E-state index in [2.05, 4.69) is 4.90 Å². The zero-order chi connectivity index (χ0) is 12.4. The molecular weight excluding hydrogens is 208 g/mol. The highest BCUT2D eigenvalue weighted by Crippen LogP contribution is 2.06. The van der Waals surface area contributed by atoms with Crippen LogP contribution in [0.2, 0.25) is 0 Å². The lowest BCUT2D eigenvalue weighted by Crippen LogP contribution is -2.41. The average Bonchev–Trinajstić information content (AvgIpc) is 2.24. The second-order valence-corrected chi connectivity index (χ2v) is 4.09. The van der Waals surface area contributed by atoms with Gasteiger partial charge in [0, 0.05) is 26.8 Å². The van der Waals surface area contributed by atoms with Crippen molar-refractivity contribution in [3.63, 3.8) is 0 Å². The summed E-state index contributed by atoms with van der Waals surface area (Å²) in [5.41, 5.74) is 5.49. The third-order valence-corrected chi connectivity index (χ3v) is 2.58. The number of nitrogens with zero attached hydrogens (tertiary/aromatic N) is 1. The number of hydrogen-bond acceptors (Lipinski definition) is 5. The molecule has 5 heteroatoms. The Labute approximate surface area is 98.5 Å². The molecule has 0 aromatic carbocycles. The number of nitrogens with two attached hydrogens (primary N) is 1. The number of ether oxygens (including phenoxy) is 2. The van der Waals surface area contributed by atoms with Crippen molar-refractivity contribution in [2.24, 2.45) is 5.73 Å². The number of likely N-dealkylation sites (N-methyl/N-ethyl adjacent to an activating group) is 1. The molecule has 2 unspecified atom stereocenters. The van der Waals surface area contributed by atoms with Crippen molar-refractivity contribution in [2.45, 2.75) is 25.0 Å². The molecule has 0 radical (unpaired) electrons. The van der Waals surface area contributed by atoms with E-state index in [1.165, 1.54) is 0 Å². The van der Waals surface area contributed by atoms with Crippen LogP contribution in [0.25, 0.3) is 0 Å². The lowest BCUT2D eigenvalue weighted by atomic mass is 10.1. The van der Waals surface area contributed by atoms with Gasteiger partial charge in [0.2, 0.25) is 0 Å². The topological polar surface area (TPSA) is 68.0 Å². The molecule has 98 valence electrons. The number of hydrogen-bond donors (Lipinski definition) is 2. The quantitative estimate of drug-likeness (QED) is 0.542. The molecule has 0 bridgehead atoms. The normalized spacial score (nSPS) is 15.4. The molecule has 0 aliphatic rings. The molecule has 0 heterocycles. The number of aliphatic hydroxyl groups excluding tert-OH is 1. The van der Waals surface area contributed by atoms with E-state index in [0.29, 0.717) is 32.3 Å². The molecule has 0 rings (SSSR count). The van der Waals surface area contributed by atoms with Crippen molar-refractivity contribution in [3.05, 3.63) is 0 Å². The number of methoxy groups -OCH3 is 2. The van der Waals surface area contributed by atoms with Crippen molar-refractivity contribution >= 4 is 0 Å². The summed E-state index contributed by atoms with van der Waals surface area (Å²) in [7, 11) is 5.26. The highest BCUT2D eigenvalue weighted by molar-refractivity contribution is 4.71. The van der Waals surface area contributed by atoms with Crippen LogP contribution in [0.4, 0.5) is 0 Å². The third kappa shape index (κ3) is 7.14. The van der Waals surface area contributed by atoms with Crippen molar-refractivity contribution in [2.75, 3.05) is 47.6 Å². The molecule has 0 aromatic rings. The Kier molecular flexibility index (Phi) is 9.86. The van der Waals surface area contributed by atoms with E-state index < -0.39 is 6.10 Å². The summed E-state index contributed by atoms with van der Waals surface area (Å²) in [5.74, 6) is 0. The molecule has 16 heavy (non-hydrogen) atoms. The minimum absolute atomic E-state index is 0.306. The Morgan fingerprint density at radius 1 is 1.25 bits per heavy atom. The fraction of sp³-hybridized carbons (Fsp3) is 1.00. The SMILES string of the molecule is COCC(O)CN(C)C(CCCN)COC. The van der Waals surface area contributed by atoms with Crippen LogP contribution in [0.5, 0.6) is 0 Å². The van der Waals surface area contributed by atoms with Gasteiger partial charge >= 0.3 is 0 Å². The van der Waals surface area contributed by atoms with Gasteiger partial charge < -0.3 is 20.3 Å². The van der Waals surface area contributed by atoms with Crippen LogP contribution in [0.3, 0.4) is 0 Å². The Morgan fingerprint density at radius 2 is 1.88 bits per heavy atom. The van der Waals surface area contributed by atoms with Gasteiger partial charge in [-0.05, 0) is 26.4 Å². The van der Waals surface area contributed by atoms with E-state index in [1.54, 1.807) is 14.2 Å². The minimum atomic E-state index is -0.452. The van der Waals surface area contributed by atoms with E-state index >= 15 is 0 Å². The summed E-state index contributed by atoms with van der Waals surface area (Å²) in [4.78, 5) is 2.10. The predicted molar refractivity (Wildman–Crippen MR) is 64.5 cm³/mol. The monoisotopic (exact) mass is 234 g/mol. The van der Waals surface area contributed by atoms with Crippen molar-refractivity contribution in [1.29, 1.82) is 0 Å². The maximum absolute atomic E-state index is 9.63. The van der Waals surface area contributed by atoms with Gasteiger partial charge in [0.1, 0.15) is 0 Å². The summed E-state index contributed by atoms with van der Waals surface area (Å²) in [6.07, 6.45) is 1.51. The molecule has 5 nitrogen and oxygen atoms in total. The first-order chi connectivity index (χ1) is 7.65. The minimum Gasteiger partial charge on any atom is -0.389 e. The van der Waals surface area contributed by atoms with Crippen LogP contribution in [-0.2, 0) is 9.47 Å². The Bertz CT molecular complexity index is 158. The van der Waals surface area contributed by atoms with Crippen LogP contribution in [0, 0.1) is 0 Å². The Hall–Kier alpha value is -0.200. The average molecular weight is 234 g/mol. The zero-order valence-electron chi connectivity index (χ0n) is 10.7. The first-order valence-electron chi connectivity index (χ1n) is 5.71. The molecule has 0 aliphatic carbocycles. The summed E-state index contributed by atoms with van der Waals surface area (Å²) in [6, 6.07) is 0.306. The van der Waals surface area contributed by atoms with Gasteiger partial charge in [0.05, 0.1) is 19.3 Å². The maximum atomic E-state index is 9.63. The summed E-state index contributed by atoms with van der Waals surface area (Å²) in [6.45, 7) is 2.30. The standard InChI is InChI=1S/C11H26N2O3/c1-13(7-11(14)9-16-3)10(8-15-2)5-4-6-12/h10-11,14H,4-9,12H2,1-3H3. The van der Waals surface area contributed by atoms with Crippen molar-refractivity contribution in [3.8, 4) is 0 Å². The predicted octanol–water partition coefficient (Wildman–Crippen LogP) is -0.321. The van der Waals surface area contributed by atoms with Crippen LogP contribution in [0.15, 0.2) is 0 Å². The highest BCUT2D eigenvalue weighted by Gasteiger charge is 2.17.